The normalized spacial score (nSPS) is 10.9. The molecule has 0 aliphatic heterocycles. The van der Waals surface area contributed by atoms with Gasteiger partial charge in [0.2, 0.25) is 5.95 Å². The van der Waals surface area contributed by atoms with E-state index in [4.69, 9.17) is 11.6 Å². The molecule has 2 heterocycles. The zero-order valence-corrected chi connectivity index (χ0v) is 13.5. The highest BCUT2D eigenvalue weighted by Crippen LogP contribution is 2.23. The van der Waals surface area contributed by atoms with Crippen LogP contribution in [0.25, 0.3) is 11.0 Å². The summed E-state index contributed by atoms with van der Waals surface area (Å²) < 4.78 is 1.75. The van der Waals surface area contributed by atoms with E-state index in [9.17, 15) is 0 Å². The summed E-state index contributed by atoms with van der Waals surface area (Å²) in [5.41, 5.74) is 1.93. The highest BCUT2D eigenvalue weighted by atomic mass is 35.5. The molecule has 114 valence electrons. The van der Waals surface area contributed by atoms with Gasteiger partial charge in [0.05, 0.1) is 11.6 Å². The SMILES string of the molecule is CN(C)c1nc(NCc2ccc(Cl)cc2)c2cnn(C)c2n1. The maximum absolute atomic E-state index is 5.91. The summed E-state index contributed by atoms with van der Waals surface area (Å²) in [7, 11) is 5.71. The lowest BCUT2D eigenvalue weighted by Gasteiger charge is -2.13. The van der Waals surface area contributed by atoms with Gasteiger partial charge in [0.15, 0.2) is 5.65 Å². The molecule has 0 amide bonds. The molecular formula is C15H17ClN6. The van der Waals surface area contributed by atoms with Gasteiger partial charge in [-0.25, -0.2) is 0 Å². The maximum Gasteiger partial charge on any atom is 0.228 e. The standard InChI is InChI=1S/C15H17ClN6/c1-21(2)15-19-13(12-9-18-22(3)14(12)20-15)17-8-10-4-6-11(16)7-5-10/h4-7,9H,8H2,1-3H3,(H,17,19,20). The van der Waals surface area contributed by atoms with Gasteiger partial charge in [0, 0.05) is 32.7 Å². The number of anilines is 2. The van der Waals surface area contributed by atoms with Crippen LogP contribution < -0.4 is 10.2 Å². The molecule has 3 aromatic rings. The van der Waals surface area contributed by atoms with Crippen molar-refractivity contribution in [3.05, 3.63) is 41.0 Å². The first-order valence-electron chi connectivity index (χ1n) is 6.90. The predicted octanol–water partition coefficient (Wildman–Crippen LogP) is 2.69. The fourth-order valence-corrected chi connectivity index (χ4v) is 2.26. The van der Waals surface area contributed by atoms with Crippen molar-refractivity contribution >= 4 is 34.4 Å². The van der Waals surface area contributed by atoms with Gasteiger partial charge in [-0.1, -0.05) is 23.7 Å². The number of nitrogens with zero attached hydrogens (tertiary/aromatic N) is 5. The van der Waals surface area contributed by atoms with Crippen LogP contribution in [0.1, 0.15) is 5.56 Å². The first-order valence-corrected chi connectivity index (χ1v) is 7.28. The van der Waals surface area contributed by atoms with Crippen molar-refractivity contribution in [2.75, 3.05) is 24.3 Å². The Balaban J connectivity index is 1.93. The van der Waals surface area contributed by atoms with Crippen molar-refractivity contribution in [1.29, 1.82) is 0 Å². The number of aryl methyl sites for hydroxylation is 1. The number of benzene rings is 1. The minimum atomic E-state index is 0.648. The summed E-state index contributed by atoms with van der Waals surface area (Å²) in [5, 5.41) is 9.26. The van der Waals surface area contributed by atoms with Crippen LogP contribution in [0.3, 0.4) is 0 Å². The molecular weight excluding hydrogens is 300 g/mol. The summed E-state index contributed by atoms with van der Waals surface area (Å²) in [6.07, 6.45) is 1.78. The molecule has 6 nitrogen and oxygen atoms in total. The van der Waals surface area contributed by atoms with Crippen molar-refractivity contribution in [3.8, 4) is 0 Å². The van der Waals surface area contributed by atoms with Gasteiger partial charge in [0.1, 0.15) is 5.82 Å². The largest absolute Gasteiger partial charge is 0.365 e. The van der Waals surface area contributed by atoms with E-state index in [1.807, 2.05) is 50.3 Å². The average molecular weight is 317 g/mol. The summed E-state index contributed by atoms with van der Waals surface area (Å²) in [6.45, 7) is 0.658. The Bertz CT molecular complexity index is 794. The second-order valence-electron chi connectivity index (χ2n) is 5.25. The third-order valence-electron chi connectivity index (χ3n) is 3.35. The number of nitrogens with one attached hydrogen (secondary N) is 1. The Morgan fingerprint density at radius 2 is 1.91 bits per heavy atom. The molecule has 0 fully saturated rings. The van der Waals surface area contributed by atoms with Crippen molar-refractivity contribution in [1.82, 2.24) is 19.7 Å². The molecule has 0 atom stereocenters. The minimum absolute atomic E-state index is 0.648. The van der Waals surface area contributed by atoms with Crippen LogP contribution in [0, 0.1) is 0 Å². The Kier molecular flexibility index (Phi) is 3.85. The highest BCUT2D eigenvalue weighted by molar-refractivity contribution is 6.30. The van der Waals surface area contributed by atoms with E-state index in [1.54, 1.807) is 10.9 Å². The van der Waals surface area contributed by atoms with Crippen LogP contribution in [0.4, 0.5) is 11.8 Å². The zero-order valence-electron chi connectivity index (χ0n) is 12.7. The van der Waals surface area contributed by atoms with Crippen molar-refractivity contribution in [3.63, 3.8) is 0 Å². The lowest BCUT2D eigenvalue weighted by molar-refractivity contribution is 0.784. The van der Waals surface area contributed by atoms with E-state index in [0.717, 1.165) is 27.4 Å². The van der Waals surface area contributed by atoms with Gasteiger partial charge < -0.3 is 10.2 Å². The van der Waals surface area contributed by atoms with Crippen molar-refractivity contribution in [2.45, 2.75) is 6.54 Å². The highest BCUT2D eigenvalue weighted by Gasteiger charge is 2.12. The van der Waals surface area contributed by atoms with E-state index in [0.29, 0.717) is 12.5 Å². The lowest BCUT2D eigenvalue weighted by Crippen LogP contribution is -2.14. The summed E-state index contributed by atoms with van der Waals surface area (Å²) in [6, 6.07) is 7.74. The lowest BCUT2D eigenvalue weighted by atomic mass is 10.2. The molecule has 0 unspecified atom stereocenters. The van der Waals surface area contributed by atoms with Gasteiger partial charge in [0.25, 0.3) is 0 Å². The molecule has 0 saturated heterocycles. The van der Waals surface area contributed by atoms with Crippen LogP contribution in [-0.2, 0) is 13.6 Å². The molecule has 7 heteroatoms. The quantitative estimate of drug-likeness (QED) is 0.802. The van der Waals surface area contributed by atoms with E-state index in [-0.39, 0.29) is 0 Å². The first kappa shape index (κ1) is 14.6. The second-order valence-corrected chi connectivity index (χ2v) is 5.69. The Morgan fingerprint density at radius 3 is 2.59 bits per heavy atom. The fraction of sp³-hybridized carbons (Fsp3) is 0.267. The third-order valence-corrected chi connectivity index (χ3v) is 3.61. The number of aromatic nitrogens is 4. The second kappa shape index (κ2) is 5.81. The van der Waals surface area contributed by atoms with E-state index < -0.39 is 0 Å². The van der Waals surface area contributed by atoms with E-state index in [1.165, 1.54) is 0 Å². The molecule has 0 bridgehead atoms. The van der Waals surface area contributed by atoms with Gasteiger partial charge in [-0.05, 0) is 17.7 Å². The molecule has 3 rings (SSSR count). The van der Waals surface area contributed by atoms with Gasteiger partial charge in [-0.15, -0.1) is 0 Å². The summed E-state index contributed by atoms with van der Waals surface area (Å²) in [5.74, 6) is 1.42. The van der Waals surface area contributed by atoms with Crippen molar-refractivity contribution < 1.29 is 0 Å². The van der Waals surface area contributed by atoms with Gasteiger partial charge in [-0.3, -0.25) is 4.68 Å². The van der Waals surface area contributed by atoms with Gasteiger partial charge in [-0.2, -0.15) is 15.1 Å². The number of rotatable bonds is 4. The number of fused-ring (bicyclic) bond motifs is 1. The minimum Gasteiger partial charge on any atom is -0.365 e. The zero-order chi connectivity index (χ0) is 15.7. The molecule has 0 spiro atoms. The van der Waals surface area contributed by atoms with Crippen LogP contribution in [0.15, 0.2) is 30.5 Å². The Hall–Kier alpha value is -2.34. The molecule has 2 aromatic heterocycles. The number of hydrogen-bond donors (Lipinski definition) is 1. The Labute approximate surface area is 133 Å². The summed E-state index contributed by atoms with van der Waals surface area (Å²) in [4.78, 5) is 11.0. The monoisotopic (exact) mass is 316 g/mol. The van der Waals surface area contributed by atoms with Crippen LogP contribution in [0.2, 0.25) is 5.02 Å². The topological polar surface area (TPSA) is 58.9 Å². The molecule has 0 aliphatic rings. The molecule has 0 saturated carbocycles. The molecule has 1 aromatic carbocycles. The molecule has 1 N–H and O–H groups in total. The smallest absolute Gasteiger partial charge is 0.228 e. The van der Waals surface area contributed by atoms with Crippen molar-refractivity contribution in [2.24, 2.45) is 7.05 Å². The number of halogens is 1. The Morgan fingerprint density at radius 1 is 1.18 bits per heavy atom. The number of hydrogen-bond acceptors (Lipinski definition) is 5. The van der Waals surface area contributed by atoms with Crippen LogP contribution >= 0.6 is 11.6 Å². The first-order chi connectivity index (χ1) is 10.5. The van der Waals surface area contributed by atoms with Crippen LogP contribution in [0.5, 0.6) is 0 Å². The maximum atomic E-state index is 5.91. The fourth-order valence-electron chi connectivity index (χ4n) is 2.13. The molecule has 0 aliphatic carbocycles. The third kappa shape index (κ3) is 2.82. The van der Waals surface area contributed by atoms with E-state index in [2.05, 4.69) is 20.4 Å². The predicted molar refractivity (Wildman–Crippen MR) is 89.4 cm³/mol. The molecule has 0 radical (unpaired) electrons. The van der Waals surface area contributed by atoms with E-state index >= 15 is 0 Å². The van der Waals surface area contributed by atoms with Crippen LogP contribution in [-0.4, -0.2) is 33.8 Å². The summed E-state index contributed by atoms with van der Waals surface area (Å²) >= 11 is 5.91. The van der Waals surface area contributed by atoms with Gasteiger partial charge >= 0.3 is 0 Å². The average Bonchev–Trinajstić information content (AvgIpc) is 2.88. The molecule has 22 heavy (non-hydrogen) atoms.